The Bertz CT molecular complexity index is 1070. The van der Waals surface area contributed by atoms with E-state index in [-0.39, 0.29) is 18.2 Å². The predicted octanol–water partition coefficient (Wildman–Crippen LogP) is 2.01. The Hall–Kier alpha value is -4.08. The summed E-state index contributed by atoms with van der Waals surface area (Å²) in [6.07, 6.45) is -5.77. The number of aliphatic carboxylic acids is 1. The summed E-state index contributed by atoms with van der Waals surface area (Å²) in [6.45, 7) is 1.63. The maximum Gasteiger partial charge on any atom is 0.416 e. The molecule has 0 spiro atoms. The van der Waals surface area contributed by atoms with Crippen LogP contribution in [0, 0.1) is 11.3 Å². The van der Waals surface area contributed by atoms with Gasteiger partial charge in [-0.05, 0) is 31.5 Å². The largest absolute Gasteiger partial charge is 0.479 e. The van der Waals surface area contributed by atoms with Crippen molar-refractivity contribution >= 4 is 23.5 Å². The van der Waals surface area contributed by atoms with Crippen LogP contribution in [0.5, 0.6) is 5.88 Å². The van der Waals surface area contributed by atoms with Gasteiger partial charge in [-0.1, -0.05) is 6.07 Å². The Morgan fingerprint density at radius 2 is 2.00 bits per heavy atom. The highest BCUT2D eigenvalue weighted by Gasteiger charge is 2.46. The lowest BCUT2D eigenvalue weighted by Crippen LogP contribution is -2.46. The molecule has 1 amide bonds. The third-order valence-electron chi connectivity index (χ3n) is 4.35. The van der Waals surface area contributed by atoms with E-state index in [1.807, 2.05) is 0 Å². The molecule has 0 fully saturated rings. The number of nitriles is 1. The van der Waals surface area contributed by atoms with Crippen molar-refractivity contribution in [1.29, 1.82) is 5.26 Å². The highest BCUT2D eigenvalue weighted by Crippen LogP contribution is 2.37. The fourth-order valence-corrected chi connectivity index (χ4v) is 2.94. The van der Waals surface area contributed by atoms with Gasteiger partial charge in [0, 0.05) is 12.1 Å². The summed E-state index contributed by atoms with van der Waals surface area (Å²) in [5.74, 6) is -3.29. The third-order valence-corrected chi connectivity index (χ3v) is 4.35. The van der Waals surface area contributed by atoms with Crippen molar-refractivity contribution in [3.8, 4) is 11.9 Å². The van der Waals surface area contributed by atoms with Crippen LogP contribution in [-0.2, 0) is 21.3 Å². The Balaban J connectivity index is 2.78. The number of ether oxygens (including phenoxy) is 1. The average Bonchev–Trinajstić information content (AvgIpc) is 2.70. The Labute approximate surface area is 180 Å². The summed E-state index contributed by atoms with van der Waals surface area (Å²) in [4.78, 5) is 31.6. The zero-order chi connectivity index (χ0) is 24.1. The molecule has 0 aliphatic rings. The maximum atomic E-state index is 13.1. The minimum Gasteiger partial charge on any atom is -0.479 e. The van der Waals surface area contributed by atoms with Crippen LogP contribution in [-0.4, -0.2) is 33.6 Å². The molecule has 1 aromatic carbocycles. The fraction of sp³-hybridized carbons (Fsp3) is 0.316. The second-order valence-corrected chi connectivity index (χ2v) is 6.54. The molecule has 0 saturated carbocycles. The topological polar surface area (TPSA) is 177 Å². The number of nitrogens with one attached hydrogen (secondary N) is 1. The number of amides is 1. The number of carboxylic acids is 1. The molecule has 0 radical (unpaired) electrons. The summed E-state index contributed by atoms with van der Waals surface area (Å²) >= 11 is 0. The zero-order valence-corrected chi connectivity index (χ0v) is 16.7. The summed E-state index contributed by atoms with van der Waals surface area (Å²) in [7, 11) is 0. The molecule has 2 rings (SSSR count). The lowest BCUT2D eigenvalue weighted by atomic mass is 9.86. The first-order valence-corrected chi connectivity index (χ1v) is 9.12. The van der Waals surface area contributed by atoms with E-state index in [9.17, 15) is 33.1 Å². The normalized spacial score (nSPS) is 13.0. The van der Waals surface area contributed by atoms with Gasteiger partial charge in [0.2, 0.25) is 17.7 Å². The molecule has 1 atom stereocenters. The van der Waals surface area contributed by atoms with Crippen LogP contribution in [0.15, 0.2) is 24.3 Å². The van der Waals surface area contributed by atoms with Crippen molar-refractivity contribution in [3.05, 3.63) is 41.1 Å². The van der Waals surface area contributed by atoms with Gasteiger partial charge in [-0.3, -0.25) is 4.79 Å². The number of benzene rings is 1. The molecule has 170 valence electrons. The molecular formula is C19H19F3N6O4. The van der Waals surface area contributed by atoms with Crippen LogP contribution in [0.25, 0.3) is 0 Å². The first-order valence-electron chi connectivity index (χ1n) is 9.12. The molecule has 0 unspecified atom stereocenters. The number of hydrogen-bond donors (Lipinski definition) is 4. The number of carbonyl (C=O) groups excluding carboxylic acids is 1. The molecular weight excluding hydrogens is 433 g/mol. The van der Waals surface area contributed by atoms with Crippen molar-refractivity contribution in [3.63, 3.8) is 0 Å². The quantitative estimate of drug-likeness (QED) is 0.443. The van der Waals surface area contributed by atoms with Gasteiger partial charge in [0.05, 0.1) is 12.2 Å². The smallest absolute Gasteiger partial charge is 0.416 e. The van der Waals surface area contributed by atoms with Gasteiger partial charge in [0.25, 0.3) is 0 Å². The Morgan fingerprint density at radius 3 is 2.53 bits per heavy atom. The van der Waals surface area contributed by atoms with E-state index >= 15 is 0 Å². The van der Waals surface area contributed by atoms with Crippen molar-refractivity contribution < 1.29 is 32.6 Å². The third kappa shape index (κ3) is 5.15. The summed E-state index contributed by atoms with van der Waals surface area (Å²) < 4.78 is 44.7. The minimum absolute atomic E-state index is 0.0486. The number of hydrogen-bond acceptors (Lipinski definition) is 8. The van der Waals surface area contributed by atoms with Gasteiger partial charge < -0.3 is 26.6 Å². The van der Waals surface area contributed by atoms with Crippen molar-refractivity contribution in [2.45, 2.75) is 31.5 Å². The van der Waals surface area contributed by atoms with Gasteiger partial charge in [-0.25, -0.2) is 9.78 Å². The van der Waals surface area contributed by atoms with Crippen molar-refractivity contribution in [1.82, 2.24) is 9.97 Å². The van der Waals surface area contributed by atoms with E-state index in [4.69, 9.17) is 16.2 Å². The molecule has 1 heterocycles. The van der Waals surface area contributed by atoms with E-state index in [1.54, 1.807) is 13.0 Å². The molecule has 0 bridgehead atoms. The summed E-state index contributed by atoms with van der Waals surface area (Å²) in [5, 5.41) is 22.3. The number of nitrogens with two attached hydrogens (primary N) is 2. The Kier molecular flexibility index (Phi) is 7.09. The van der Waals surface area contributed by atoms with Crippen LogP contribution >= 0.6 is 0 Å². The van der Waals surface area contributed by atoms with E-state index in [1.165, 1.54) is 6.07 Å². The van der Waals surface area contributed by atoms with Gasteiger partial charge in [-0.2, -0.15) is 23.4 Å². The monoisotopic (exact) mass is 452 g/mol. The number of aromatic nitrogens is 2. The van der Waals surface area contributed by atoms with Gasteiger partial charge in [-0.15, -0.1) is 0 Å². The minimum atomic E-state index is -4.70. The Morgan fingerprint density at radius 1 is 1.31 bits per heavy atom. The number of alkyl halides is 3. The van der Waals surface area contributed by atoms with Crippen molar-refractivity contribution in [2.24, 2.45) is 5.73 Å². The fourth-order valence-electron chi connectivity index (χ4n) is 2.94. The summed E-state index contributed by atoms with van der Waals surface area (Å²) in [5.41, 5.74) is 6.28. The van der Waals surface area contributed by atoms with Crippen LogP contribution in [0.1, 0.15) is 36.6 Å². The number of anilines is 2. The molecule has 2 aromatic rings. The number of carboxylic acid groups (broad SMARTS) is 1. The molecule has 0 saturated heterocycles. The van der Waals surface area contributed by atoms with E-state index < -0.39 is 59.2 Å². The van der Waals surface area contributed by atoms with Gasteiger partial charge in [0.15, 0.2) is 5.54 Å². The molecule has 13 heteroatoms. The number of nitrogen functional groups attached to an aromatic ring is 1. The number of carbonyl (C=O) groups is 2. The van der Waals surface area contributed by atoms with E-state index in [0.717, 1.165) is 12.1 Å². The first-order chi connectivity index (χ1) is 14.9. The molecule has 6 N–H and O–H groups in total. The number of rotatable bonds is 9. The van der Waals surface area contributed by atoms with Gasteiger partial charge in [0.1, 0.15) is 17.3 Å². The van der Waals surface area contributed by atoms with E-state index in [2.05, 4.69) is 15.3 Å². The standard InChI is InChI=1S/C19H19F3N6O4/c1-2-32-15-12(9-23)14(26-17(25)27-15)18(16(30)31,7-6-13(24)29)28-11-5-3-4-10(8-11)19(20,21)22/h3-5,8,28H,2,6-7H2,1H3,(H2,24,29)(H,30,31)(H2,25,26,27)/t18-/m1/s1. The SMILES string of the molecule is CCOc1nc(N)nc([C@@](CCC(N)=O)(Nc2cccc(C(F)(F)F)c2)C(=O)O)c1C#N. The first kappa shape index (κ1) is 24.2. The van der Waals surface area contributed by atoms with Crippen LogP contribution in [0.3, 0.4) is 0 Å². The second kappa shape index (κ2) is 9.38. The lowest BCUT2D eigenvalue weighted by Gasteiger charge is -2.32. The summed E-state index contributed by atoms with van der Waals surface area (Å²) in [6, 6.07) is 5.48. The van der Waals surface area contributed by atoms with Crippen molar-refractivity contribution in [2.75, 3.05) is 17.7 Å². The van der Waals surface area contributed by atoms with Crippen LogP contribution in [0.2, 0.25) is 0 Å². The highest BCUT2D eigenvalue weighted by molar-refractivity contribution is 5.86. The molecule has 0 aliphatic heterocycles. The zero-order valence-electron chi connectivity index (χ0n) is 16.7. The number of nitrogens with zero attached hydrogens (tertiary/aromatic N) is 3. The highest BCUT2D eigenvalue weighted by atomic mass is 19.4. The molecule has 32 heavy (non-hydrogen) atoms. The lowest BCUT2D eigenvalue weighted by molar-refractivity contribution is -0.143. The molecule has 0 aliphatic carbocycles. The maximum absolute atomic E-state index is 13.1. The molecule has 1 aromatic heterocycles. The number of primary amides is 1. The van der Waals surface area contributed by atoms with Crippen LogP contribution in [0.4, 0.5) is 24.8 Å². The van der Waals surface area contributed by atoms with Crippen LogP contribution < -0.4 is 21.5 Å². The number of halogens is 3. The van der Waals surface area contributed by atoms with Gasteiger partial charge >= 0.3 is 12.1 Å². The average molecular weight is 452 g/mol. The molecule has 10 nitrogen and oxygen atoms in total. The van der Waals surface area contributed by atoms with E-state index in [0.29, 0.717) is 6.07 Å². The predicted molar refractivity (Wildman–Crippen MR) is 105 cm³/mol. The second-order valence-electron chi connectivity index (χ2n) is 6.54.